The first-order valence-corrected chi connectivity index (χ1v) is 7.44. The summed E-state index contributed by atoms with van der Waals surface area (Å²) in [6, 6.07) is 10.2. The molecule has 2 heterocycles. The molecule has 0 saturated carbocycles. The Morgan fingerprint density at radius 1 is 1.05 bits per heavy atom. The Kier molecular flexibility index (Phi) is 3.90. The van der Waals surface area contributed by atoms with Crippen molar-refractivity contribution in [2.24, 2.45) is 0 Å². The van der Waals surface area contributed by atoms with Crippen LogP contribution in [0.3, 0.4) is 0 Å². The number of piperidine rings is 1. The molecule has 0 atom stereocenters. The average molecular weight is 283 g/mol. The standard InChI is InChI=1S/C16H21N5/c1-12-18-15(17)11-16(19-12)20-13-5-7-14(8-6-13)21-9-3-2-4-10-21/h5-8,11H,2-4,9-10H2,1H3,(H3,17,18,19,20). The van der Waals surface area contributed by atoms with E-state index < -0.39 is 0 Å². The van der Waals surface area contributed by atoms with Crippen LogP contribution in [0.2, 0.25) is 0 Å². The fourth-order valence-corrected chi connectivity index (χ4v) is 2.71. The minimum absolute atomic E-state index is 0.481. The normalized spacial score (nSPS) is 15.0. The van der Waals surface area contributed by atoms with E-state index >= 15 is 0 Å². The number of nitrogens with zero attached hydrogens (tertiary/aromatic N) is 3. The molecule has 0 amide bonds. The Morgan fingerprint density at radius 3 is 2.43 bits per heavy atom. The number of hydrogen-bond acceptors (Lipinski definition) is 5. The molecule has 0 bridgehead atoms. The number of benzene rings is 1. The number of rotatable bonds is 3. The van der Waals surface area contributed by atoms with Crippen molar-refractivity contribution in [1.29, 1.82) is 0 Å². The van der Waals surface area contributed by atoms with E-state index in [-0.39, 0.29) is 0 Å². The fourth-order valence-electron chi connectivity index (χ4n) is 2.71. The molecule has 2 aromatic rings. The lowest BCUT2D eigenvalue weighted by molar-refractivity contribution is 0.578. The second kappa shape index (κ2) is 5.99. The molecule has 0 spiro atoms. The van der Waals surface area contributed by atoms with Crippen LogP contribution in [0.25, 0.3) is 0 Å². The third kappa shape index (κ3) is 3.42. The first-order chi connectivity index (χ1) is 10.2. The summed E-state index contributed by atoms with van der Waals surface area (Å²) in [5, 5.41) is 3.27. The topological polar surface area (TPSA) is 67.1 Å². The largest absolute Gasteiger partial charge is 0.384 e. The molecule has 1 aromatic carbocycles. The highest BCUT2D eigenvalue weighted by molar-refractivity contribution is 5.62. The predicted molar refractivity (Wildman–Crippen MR) is 87.0 cm³/mol. The lowest BCUT2D eigenvalue weighted by atomic mass is 10.1. The van der Waals surface area contributed by atoms with Gasteiger partial charge in [0.15, 0.2) is 0 Å². The molecule has 3 rings (SSSR count). The van der Waals surface area contributed by atoms with Crippen molar-refractivity contribution in [1.82, 2.24) is 9.97 Å². The van der Waals surface area contributed by atoms with Gasteiger partial charge in [0.25, 0.3) is 0 Å². The molecule has 3 N–H and O–H groups in total. The Hall–Kier alpha value is -2.30. The zero-order valence-corrected chi connectivity index (χ0v) is 12.3. The molecule has 110 valence electrons. The Balaban J connectivity index is 1.71. The lowest BCUT2D eigenvalue weighted by Gasteiger charge is -2.28. The maximum absolute atomic E-state index is 5.74. The van der Waals surface area contributed by atoms with Crippen molar-refractivity contribution in [3.05, 3.63) is 36.2 Å². The summed E-state index contributed by atoms with van der Waals surface area (Å²) >= 11 is 0. The molecular formula is C16H21N5. The van der Waals surface area contributed by atoms with E-state index in [1.54, 1.807) is 6.07 Å². The number of hydrogen-bond donors (Lipinski definition) is 2. The van der Waals surface area contributed by atoms with Crippen molar-refractivity contribution < 1.29 is 0 Å². The van der Waals surface area contributed by atoms with E-state index in [1.165, 1.54) is 24.9 Å². The number of nitrogen functional groups attached to an aromatic ring is 1. The van der Waals surface area contributed by atoms with Gasteiger partial charge in [-0.1, -0.05) is 0 Å². The number of nitrogens with two attached hydrogens (primary N) is 1. The summed E-state index contributed by atoms with van der Waals surface area (Å²) in [5.74, 6) is 1.88. The second-order valence-corrected chi connectivity index (χ2v) is 5.44. The Morgan fingerprint density at radius 2 is 1.76 bits per heavy atom. The van der Waals surface area contributed by atoms with Gasteiger partial charge in [-0.2, -0.15) is 0 Å². The molecule has 1 fully saturated rings. The fraction of sp³-hybridized carbons (Fsp3) is 0.375. The maximum Gasteiger partial charge on any atom is 0.136 e. The van der Waals surface area contributed by atoms with Gasteiger partial charge < -0.3 is 16.0 Å². The molecule has 1 aliphatic heterocycles. The van der Waals surface area contributed by atoms with E-state index in [2.05, 4.69) is 44.5 Å². The van der Waals surface area contributed by atoms with E-state index in [0.717, 1.165) is 24.6 Å². The molecule has 5 heteroatoms. The summed E-state index contributed by atoms with van der Waals surface area (Å²) in [7, 11) is 0. The predicted octanol–water partition coefficient (Wildman–Crippen LogP) is 3.10. The summed E-state index contributed by atoms with van der Waals surface area (Å²) in [6.45, 7) is 4.16. The van der Waals surface area contributed by atoms with Crippen LogP contribution in [-0.2, 0) is 0 Å². The molecule has 0 aliphatic carbocycles. The van der Waals surface area contributed by atoms with Crippen LogP contribution in [0.4, 0.5) is 23.0 Å². The van der Waals surface area contributed by atoms with E-state index in [0.29, 0.717) is 11.6 Å². The van der Waals surface area contributed by atoms with Crippen LogP contribution in [0.5, 0.6) is 0 Å². The molecule has 0 unspecified atom stereocenters. The average Bonchev–Trinajstić information content (AvgIpc) is 2.48. The Labute approximate surface area is 125 Å². The van der Waals surface area contributed by atoms with Crippen LogP contribution in [0.1, 0.15) is 25.1 Å². The number of aromatic nitrogens is 2. The quantitative estimate of drug-likeness (QED) is 0.906. The Bertz CT molecular complexity index is 582. The van der Waals surface area contributed by atoms with Gasteiger partial charge in [-0.3, -0.25) is 0 Å². The summed E-state index contributed by atoms with van der Waals surface area (Å²) in [5.41, 5.74) is 8.03. The van der Waals surface area contributed by atoms with Crippen LogP contribution in [0.15, 0.2) is 30.3 Å². The van der Waals surface area contributed by atoms with Crippen molar-refractivity contribution in [3.8, 4) is 0 Å². The highest BCUT2D eigenvalue weighted by atomic mass is 15.1. The molecule has 5 nitrogen and oxygen atoms in total. The zero-order chi connectivity index (χ0) is 14.7. The molecule has 1 aromatic heterocycles. The van der Waals surface area contributed by atoms with Gasteiger partial charge in [0, 0.05) is 30.5 Å². The van der Waals surface area contributed by atoms with Gasteiger partial charge >= 0.3 is 0 Å². The zero-order valence-electron chi connectivity index (χ0n) is 12.3. The first-order valence-electron chi connectivity index (χ1n) is 7.44. The highest BCUT2D eigenvalue weighted by Crippen LogP contribution is 2.23. The minimum atomic E-state index is 0.481. The SMILES string of the molecule is Cc1nc(N)cc(Nc2ccc(N3CCCCC3)cc2)n1. The monoisotopic (exact) mass is 283 g/mol. The number of aryl methyl sites for hydroxylation is 1. The van der Waals surface area contributed by atoms with Gasteiger partial charge in [-0.05, 0) is 50.5 Å². The molecule has 1 saturated heterocycles. The highest BCUT2D eigenvalue weighted by Gasteiger charge is 2.10. The summed E-state index contributed by atoms with van der Waals surface area (Å²) < 4.78 is 0. The van der Waals surface area contributed by atoms with Crippen molar-refractivity contribution >= 4 is 23.0 Å². The van der Waals surface area contributed by atoms with Crippen LogP contribution >= 0.6 is 0 Å². The van der Waals surface area contributed by atoms with E-state index in [4.69, 9.17) is 5.73 Å². The molecule has 21 heavy (non-hydrogen) atoms. The summed E-state index contributed by atoms with van der Waals surface area (Å²) in [6.07, 6.45) is 3.93. The van der Waals surface area contributed by atoms with E-state index in [9.17, 15) is 0 Å². The van der Waals surface area contributed by atoms with Crippen LogP contribution < -0.4 is 16.0 Å². The number of nitrogens with one attached hydrogen (secondary N) is 1. The van der Waals surface area contributed by atoms with Gasteiger partial charge in [0.05, 0.1) is 0 Å². The lowest BCUT2D eigenvalue weighted by Crippen LogP contribution is -2.29. The van der Waals surface area contributed by atoms with Gasteiger partial charge in [0.2, 0.25) is 0 Å². The smallest absolute Gasteiger partial charge is 0.136 e. The first kappa shape index (κ1) is 13.7. The molecular weight excluding hydrogens is 262 g/mol. The van der Waals surface area contributed by atoms with Gasteiger partial charge in [-0.25, -0.2) is 9.97 Å². The van der Waals surface area contributed by atoms with Crippen LogP contribution in [-0.4, -0.2) is 23.1 Å². The minimum Gasteiger partial charge on any atom is -0.384 e. The van der Waals surface area contributed by atoms with Crippen LogP contribution in [0, 0.1) is 6.92 Å². The van der Waals surface area contributed by atoms with E-state index in [1.807, 2.05) is 6.92 Å². The second-order valence-electron chi connectivity index (χ2n) is 5.44. The molecule has 0 radical (unpaired) electrons. The van der Waals surface area contributed by atoms with Gasteiger partial charge in [-0.15, -0.1) is 0 Å². The maximum atomic E-state index is 5.74. The summed E-state index contributed by atoms with van der Waals surface area (Å²) in [4.78, 5) is 10.8. The van der Waals surface area contributed by atoms with Crippen molar-refractivity contribution in [2.45, 2.75) is 26.2 Å². The van der Waals surface area contributed by atoms with Crippen molar-refractivity contribution in [2.75, 3.05) is 29.0 Å². The third-order valence-electron chi connectivity index (χ3n) is 3.72. The number of anilines is 4. The van der Waals surface area contributed by atoms with Gasteiger partial charge in [0.1, 0.15) is 17.5 Å². The van der Waals surface area contributed by atoms with Crippen molar-refractivity contribution in [3.63, 3.8) is 0 Å². The molecule has 1 aliphatic rings. The third-order valence-corrected chi connectivity index (χ3v) is 3.72.